The molecular weight excluding hydrogens is 458 g/mol. The molecule has 2 N–H and O–H groups in total. The number of anilines is 1. The van der Waals surface area contributed by atoms with Crippen LogP contribution in [0, 0.1) is 13.8 Å². The van der Waals surface area contributed by atoms with Crippen LogP contribution in [-0.4, -0.2) is 16.8 Å². The van der Waals surface area contributed by atoms with Crippen LogP contribution >= 0.6 is 22.9 Å². The number of benzene rings is 1. The van der Waals surface area contributed by atoms with Gasteiger partial charge in [0.05, 0.1) is 5.56 Å². The monoisotopic (exact) mass is 479 g/mol. The fourth-order valence-corrected chi connectivity index (χ4v) is 5.67. The number of carbonyl (C=O) groups excluding carboxylic acids is 2. The van der Waals surface area contributed by atoms with Gasteiger partial charge in [-0.05, 0) is 68.0 Å². The second-order valence-corrected chi connectivity index (χ2v) is 9.73. The van der Waals surface area contributed by atoms with Gasteiger partial charge >= 0.3 is 0 Å². The van der Waals surface area contributed by atoms with Crippen LogP contribution < -0.4 is 10.6 Å². The van der Waals surface area contributed by atoms with Gasteiger partial charge in [0.15, 0.2) is 5.76 Å². The number of nitrogens with zero attached hydrogens (tertiary/aromatic N) is 1. The van der Waals surface area contributed by atoms with Crippen molar-refractivity contribution in [1.82, 2.24) is 10.3 Å². The summed E-state index contributed by atoms with van der Waals surface area (Å²) in [6, 6.07) is 7.39. The molecule has 0 bridgehead atoms. The van der Waals surface area contributed by atoms with E-state index in [1.807, 2.05) is 38.1 Å². The molecule has 1 aliphatic carbocycles. The van der Waals surface area contributed by atoms with E-state index in [4.69, 9.17) is 16.0 Å². The van der Waals surface area contributed by atoms with Crippen LogP contribution in [0.3, 0.4) is 0 Å². The summed E-state index contributed by atoms with van der Waals surface area (Å²) < 4.78 is 5.88. The Kier molecular flexibility index (Phi) is 5.68. The second-order valence-electron chi connectivity index (χ2n) is 8.21. The normalized spacial score (nSPS) is 12.7. The molecule has 8 heteroatoms. The largest absolute Gasteiger partial charge is 0.451 e. The number of halogens is 1. The molecule has 0 atom stereocenters. The molecule has 0 aliphatic heterocycles. The zero-order valence-corrected chi connectivity index (χ0v) is 19.8. The van der Waals surface area contributed by atoms with E-state index in [0.717, 1.165) is 51.8 Å². The Bertz CT molecular complexity index is 1390. The number of amides is 2. The van der Waals surface area contributed by atoms with Crippen molar-refractivity contribution in [2.45, 2.75) is 39.7 Å². The highest BCUT2D eigenvalue weighted by atomic mass is 35.5. The van der Waals surface area contributed by atoms with Gasteiger partial charge < -0.3 is 15.1 Å². The van der Waals surface area contributed by atoms with Crippen molar-refractivity contribution in [2.24, 2.45) is 0 Å². The highest BCUT2D eigenvalue weighted by molar-refractivity contribution is 7.17. The average molecular weight is 480 g/mol. The molecule has 0 radical (unpaired) electrons. The van der Waals surface area contributed by atoms with E-state index in [2.05, 4.69) is 15.6 Å². The first-order valence-electron chi connectivity index (χ1n) is 10.7. The predicted molar refractivity (Wildman–Crippen MR) is 130 cm³/mol. The quantitative estimate of drug-likeness (QED) is 0.377. The average Bonchev–Trinajstić information content (AvgIpc) is 3.47. The first-order valence-corrected chi connectivity index (χ1v) is 11.9. The van der Waals surface area contributed by atoms with Crippen LogP contribution in [0.4, 0.5) is 5.00 Å². The maximum atomic E-state index is 13.2. The van der Waals surface area contributed by atoms with E-state index < -0.39 is 0 Å². The van der Waals surface area contributed by atoms with Gasteiger partial charge in [0.1, 0.15) is 10.6 Å². The summed E-state index contributed by atoms with van der Waals surface area (Å²) in [5, 5.41) is 7.90. The van der Waals surface area contributed by atoms with Gasteiger partial charge in [-0.15, -0.1) is 11.3 Å². The Hall–Kier alpha value is -3.16. The SMILES string of the molecule is Cc1cc2oc(C(=O)Nc3sc4c(c3C(=O)NCc3cccnc3)CCC4)c(C)c2cc1Cl. The summed E-state index contributed by atoms with van der Waals surface area (Å²) in [6.07, 6.45) is 6.18. The van der Waals surface area contributed by atoms with Crippen molar-refractivity contribution in [1.29, 1.82) is 0 Å². The molecule has 2 amide bonds. The number of pyridine rings is 1. The number of rotatable bonds is 5. The third-order valence-corrected chi connectivity index (χ3v) is 7.59. The molecule has 0 saturated heterocycles. The van der Waals surface area contributed by atoms with Crippen LogP contribution in [0.2, 0.25) is 5.02 Å². The molecule has 3 aromatic heterocycles. The van der Waals surface area contributed by atoms with Gasteiger partial charge in [0.2, 0.25) is 0 Å². The molecule has 6 nitrogen and oxygen atoms in total. The number of hydrogen-bond donors (Lipinski definition) is 2. The van der Waals surface area contributed by atoms with Crippen molar-refractivity contribution in [3.8, 4) is 0 Å². The Morgan fingerprint density at radius 1 is 1.21 bits per heavy atom. The van der Waals surface area contributed by atoms with Gasteiger partial charge in [-0.1, -0.05) is 17.7 Å². The lowest BCUT2D eigenvalue weighted by molar-refractivity contribution is 0.0951. The van der Waals surface area contributed by atoms with E-state index in [1.54, 1.807) is 12.4 Å². The molecule has 0 spiro atoms. The van der Waals surface area contributed by atoms with Crippen molar-refractivity contribution < 1.29 is 14.0 Å². The van der Waals surface area contributed by atoms with E-state index in [0.29, 0.717) is 27.7 Å². The first kappa shape index (κ1) is 21.7. The van der Waals surface area contributed by atoms with E-state index in [-0.39, 0.29) is 17.6 Å². The molecule has 5 rings (SSSR count). The lowest BCUT2D eigenvalue weighted by Gasteiger charge is -2.09. The Morgan fingerprint density at radius 2 is 2.06 bits per heavy atom. The molecule has 168 valence electrons. The number of hydrogen-bond acceptors (Lipinski definition) is 5. The number of aromatic nitrogens is 1. The molecule has 0 fully saturated rings. The molecule has 3 heterocycles. The van der Waals surface area contributed by atoms with Crippen molar-refractivity contribution in [2.75, 3.05) is 5.32 Å². The zero-order valence-electron chi connectivity index (χ0n) is 18.3. The van der Waals surface area contributed by atoms with Gasteiger partial charge in [0.25, 0.3) is 11.8 Å². The standard InChI is InChI=1S/C25H22ClN3O3S/c1-13-9-19-17(10-18(13)26)14(2)22(32-19)24(31)29-25-21(16-6-3-7-20(16)33-25)23(30)28-12-15-5-4-8-27-11-15/h4-5,8-11H,3,6-7,12H2,1-2H3,(H,28,30)(H,29,31). The number of carbonyl (C=O) groups is 2. The minimum Gasteiger partial charge on any atom is -0.451 e. The summed E-state index contributed by atoms with van der Waals surface area (Å²) in [5.41, 5.74) is 4.71. The van der Waals surface area contributed by atoms with Crippen molar-refractivity contribution in [3.63, 3.8) is 0 Å². The highest BCUT2D eigenvalue weighted by Gasteiger charge is 2.29. The van der Waals surface area contributed by atoms with Crippen molar-refractivity contribution in [3.05, 3.63) is 80.1 Å². The van der Waals surface area contributed by atoms with Gasteiger partial charge in [-0.25, -0.2) is 0 Å². The molecule has 1 aromatic carbocycles. The van der Waals surface area contributed by atoms with E-state index in [1.165, 1.54) is 11.3 Å². The Morgan fingerprint density at radius 3 is 2.85 bits per heavy atom. The minimum atomic E-state index is -0.376. The van der Waals surface area contributed by atoms with Crippen LogP contribution in [0.25, 0.3) is 11.0 Å². The fraction of sp³-hybridized carbons (Fsp3) is 0.240. The maximum Gasteiger partial charge on any atom is 0.292 e. The van der Waals surface area contributed by atoms with Crippen LogP contribution in [0.5, 0.6) is 0 Å². The lowest BCUT2D eigenvalue weighted by atomic mass is 10.1. The summed E-state index contributed by atoms with van der Waals surface area (Å²) in [7, 11) is 0. The zero-order chi connectivity index (χ0) is 23.1. The highest BCUT2D eigenvalue weighted by Crippen LogP contribution is 2.40. The topological polar surface area (TPSA) is 84.2 Å². The minimum absolute atomic E-state index is 0.197. The van der Waals surface area contributed by atoms with Crippen LogP contribution in [-0.2, 0) is 19.4 Å². The second kappa shape index (κ2) is 8.65. The molecule has 4 aromatic rings. The number of furan rings is 1. The summed E-state index contributed by atoms with van der Waals surface area (Å²) in [5.74, 6) is -0.349. The smallest absolute Gasteiger partial charge is 0.292 e. The number of aryl methyl sites for hydroxylation is 3. The maximum absolute atomic E-state index is 13.2. The fourth-order valence-electron chi connectivity index (χ4n) is 4.22. The van der Waals surface area contributed by atoms with Crippen LogP contribution in [0.15, 0.2) is 41.1 Å². The molecular formula is C25H22ClN3O3S. The third kappa shape index (κ3) is 4.03. The molecule has 0 unspecified atom stereocenters. The van der Waals surface area contributed by atoms with E-state index >= 15 is 0 Å². The molecule has 0 saturated carbocycles. The number of nitrogens with one attached hydrogen (secondary N) is 2. The number of thiophene rings is 1. The Labute approximate surface area is 200 Å². The van der Waals surface area contributed by atoms with Crippen LogP contribution in [0.1, 0.15) is 54.5 Å². The van der Waals surface area contributed by atoms with Crippen molar-refractivity contribution >= 4 is 50.7 Å². The molecule has 1 aliphatic rings. The Balaban J connectivity index is 1.43. The summed E-state index contributed by atoms with van der Waals surface area (Å²) in [4.78, 5) is 31.6. The third-order valence-electron chi connectivity index (χ3n) is 5.97. The molecule has 33 heavy (non-hydrogen) atoms. The van der Waals surface area contributed by atoms with Gasteiger partial charge in [-0.2, -0.15) is 0 Å². The lowest BCUT2D eigenvalue weighted by Crippen LogP contribution is -2.25. The first-order chi connectivity index (χ1) is 15.9. The predicted octanol–water partition coefficient (Wildman–Crippen LogP) is 5.83. The van der Waals surface area contributed by atoms with Gasteiger partial charge in [0, 0.05) is 39.8 Å². The summed E-state index contributed by atoms with van der Waals surface area (Å²) in [6.45, 7) is 4.10. The van der Waals surface area contributed by atoms with Gasteiger partial charge in [-0.3, -0.25) is 14.6 Å². The van der Waals surface area contributed by atoms with E-state index in [9.17, 15) is 9.59 Å². The summed E-state index contributed by atoms with van der Waals surface area (Å²) >= 11 is 7.73. The number of fused-ring (bicyclic) bond motifs is 2.